The van der Waals surface area contributed by atoms with Crippen molar-refractivity contribution < 1.29 is 40.5 Å². The Morgan fingerprint density at radius 2 is 1.49 bits per heavy atom. The quantitative estimate of drug-likeness (QED) is 0.0820. The standard InChI is InChI=1S/C20H16N6O11S2/c1-37-18-10-14(26(29)30)6-9-17(18)22-24-20(23-21-12-2-4-13(5-3-12)25(27)28)16-8-7-15(38(31,32)33)11-19(16)39(34,35)36/h2-11,21H,1H3,(H,31,32,33)(H,34,35,36)/b23-20+,24-22?. The number of nitro benzene ring substituents is 2. The summed E-state index contributed by atoms with van der Waals surface area (Å²) < 4.78 is 71.3. The van der Waals surface area contributed by atoms with Gasteiger partial charge in [0.1, 0.15) is 10.6 Å². The van der Waals surface area contributed by atoms with Crippen molar-refractivity contribution in [3.8, 4) is 5.75 Å². The lowest BCUT2D eigenvalue weighted by atomic mass is 10.2. The Kier molecular flexibility index (Phi) is 8.30. The maximum Gasteiger partial charge on any atom is 0.295 e. The van der Waals surface area contributed by atoms with Crippen LogP contribution < -0.4 is 10.2 Å². The molecule has 0 saturated carbocycles. The first-order valence-electron chi connectivity index (χ1n) is 10.1. The van der Waals surface area contributed by atoms with Crippen molar-refractivity contribution in [1.82, 2.24) is 0 Å². The topological polar surface area (TPSA) is 253 Å². The molecular weight excluding hydrogens is 564 g/mol. The van der Waals surface area contributed by atoms with Crippen LogP contribution in [0.4, 0.5) is 22.7 Å². The van der Waals surface area contributed by atoms with Crippen molar-refractivity contribution in [2.45, 2.75) is 9.79 Å². The van der Waals surface area contributed by atoms with Gasteiger partial charge in [-0.25, -0.2) is 0 Å². The molecule has 0 atom stereocenters. The SMILES string of the molecule is COc1cc([N+](=O)[O-])ccc1N=N/C(=N/Nc1ccc([N+](=O)[O-])cc1)c1ccc(S(=O)(=O)O)cc1S(=O)(=O)O. The zero-order valence-corrected chi connectivity index (χ0v) is 21.0. The first-order valence-corrected chi connectivity index (χ1v) is 13.0. The average Bonchev–Trinajstić information content (AvgIpc) is 2.87. The van der Waals surface area contributed by atoms with E-state index in [1.165, 1.54) is 25.3 Å². The number of methoxy groups -OCH3 is 1. The van der Waals surface area contributed by atoms with Crippen LogP contribution in [0.3, 0.4) is 0 Å². The fourth-order valence-corrected chi connectivity index (χ4v) is 4.23. The predicted octanol–water partition coefficient (Wildman–Crippen LogP) is 3.56. The fourth-order valence-electron chi connectivity index (χ4n) is 2.94. The fraction of sp³-hybridized carbons (Fsp3) is 0.0500. The number of amidine groups is 1. The monoisotopic (exact) mass is 580 g/mol. The van der Waals surface area contributed by atoms with Gasteiger partial charge in [-0.05, 0) is 36.4 Å². The van der Waals surface area contributed by atoms with E-state index in [1.807, 2.05) is 0 Å². The van der Waals surface area contributed by atoms with Gasteiger partial charge in [-0.2, -0.15) is 21.9 Å². The van der Waals surface area contributed by atoms with E-state index in [9.17, 15) is 46.2 Å². The number of ether oxygens (including phenoxy) is 1. The third-order valence-corrected chi connectivity index (χ3v) is 6.51. The van der Waals surface area contributed by atoms with E-state index in [2.05, 4.69) is 20.8 Å². The molecule has 19 heteroatoms. The van der Waals surface area contributed by atoms with Crippen molar-refractivity contribution in [1.29, 1.82) is 0 Å². The van der Waals surface area contributed by atoms with Crippen molar-refractivity contribution in [2.75, 3.05) is 12.5 Å². The highest BCUT2D eigenvalue weighted by molar-refractivity contribution is 7.86. The van der Waals surface area contributed by atoms with E-state index in [-0.39, 0.29) is 28.5 Å². The van der Waals surface area contributed by atoms with E-state index in [4.69, 9.17) is 4.74 Å². The molecule has 3 aromatic rings. The molecule has 39 heavy (non-hydrogen) atoms. The molecule has 0 fully saturated rings. The molecule has 17 nitrogen and oxygen atoms in total. The molecule has 0 aromatic heterocycles. The number of nitrogens with zero attached hydrogens (tertiary/aromatic N) is 5. The minimum absolute atomic E-state index is 0.0610. The minimum Gasteiger partial charge on any atom is -0.494 e. The molecule has 0 bridgehead atoms. The number of benzene rings is 3. The molecule has 0 spiro atoms. The Labute approximate surface area is 219 Å². The number of hydrazone groups is 1. The molecule has 0 heterocycles. The summed E-state index contributed by atoms with van der Waals surface area (Å²) in [4.78, 5) is 18.7. The number of anilines is 1. The van der Waals surface area contributed by atoms with E-state index >= 15 is 0 Å². The third-order valence-electron chi connectivity index (χ3n) is 4.77. The lowest BCUT2D eigenvalue weighted by molar-refractivity contribution is -0.385. The van der Waals surface area contributed by atoms with Gasteiger partial charge in [-0.1, -0.05) is 0 Å². The van der Waals surface area contributed by atoms with Gasteiger partial charge in [0.05, 0.1) is 33.6 Å². The maximum atomic E-state index is 12.1. The van der Waals surface area contributed by atoms with Crippen LogP contribution in [0.25, 0.3) is 0 Å². The van der Waals surface area contributed by atoms with Crippen LogP contribution >= 0.6 is 0 Å². The number of non-ortho nitro benzene ring substituents is 2. The van der Waals surface area contributed by atoms with Crippen molar-refractivity contribution in [2.24, 2.45) is 15.3 Å². The third kappa shape index (κ3) is 7.13. The normalized spacial score (nSPS) is 12.3. The number of hydrogen-bond donors (Lipinski definition) is 3. The Bertz CT molecular complexity index is 1720. The largest absolute Gasteiger partial charge is 0.494 e. The highest BCUT2D eigenvalue weighted by Crippen LogP contribution is 2.32. The van der Waals surface area contributed by atoms with Crippen molar-refractivity contribution in [3.63, 3.8) is 0 Å². The van der Waals surface area contributed by atoms with Gasteiger partial charge in [-0.3, -0.25) is 34.8 Å². The van der Waals surface area contributed by atoms with Crippen LogP contribution in [0.2, 0.25) is 0 Å². The van der Waals surface area contributed by atoms with E-state index in [1.54, 1.807) is 0 Å². The first-order chi connectivity index (χ1) is 18.2. The molecule has 0 aliphatic carbocycles. The molecule has 0 saturated heterocycles. The Morgan fingerprint density at radius 3 is 2.03 bits per heavy atom. The molecule has 0 amide bonds. The Balaban J connectivity index is 2.17. The van der Waals surface area contributed by atoms with Crippen LogP contribution in [0.1, 0.15) is 5.56 Å². The Hall–Kier alpha value is -4.85. The number of rotatable bonds is 9. The zero-order chi connectivity index (χ0) is 29.0. The van der Waals surface area contributed by atoms with Gasteiger partial charge >= 0.3 is 0 Å². The predicted molar refractivity (Wildman–Crippen MR) is 133 cm³/mol. The number of nitro groups is 2. The summed E-state index contributed by atoms with van der Waals surface area (Å²) in [5.41, 5.74) is 1.54. The summed E-state index contributed by atoms with van der Waals surface area (Å²) in [6, 6.07) is 10.3. The van der Waals surface area contributed by atoms with Gasteiger partial charge in [-0.15, -0.1) is 10.2 Å². The van der Waals surface area contributed by atoms with Crippen LogP contribution in [-0.2, 0) is 20.2 Å². The van der Waals surface area contributed by atoms with Crippen LogP contribution in [0, 0.1) is 20.2 Å². The summed E-state index contributed by atoms with van der Waals surface area (Å²) >= 11 is 0. The summed E-state index contributed by atoms with van der Waals surface area (Å²) in [6.07, 6.45) is 0. The van der Waals surface area contributed by atoms with Crippen molar-refractivity contribution in [3.05, 3.63) is 86.5 Å². The minimum atomic E-state index is -5.13. The summed E-state index contributed by atoms with van der Waals surface area (Å²) in [6.45, 7) is 0. The van der Waals surface area contributed by atoms with Crippen LogP contribution in [0.5, 0.6) is 5.75 Å². The average molecular weight is 581 g/mol. The lowest BCUT2D eigenvalue weighted by Crippen LogP contribution is -2.11. The smallest absolute Gasteiger partial charge is 0.295 e. The van der Waals surface area contributed by atoms with E-state index in [0.29, 0.717) is 6.07 Å². The second-order valence-corrected chi connectivity index (χ2v) is 10.1. The summed E-state index contributed by atoms with van der Waals surface area (Å²) in [5, 5.41) is 33.5. The molecule has 0 radical (unpaired) electrons. The Morgan fingerprint density at radius 1 is 0.872 bits per heavy atom. The van der Waals surface area contributed by atoms with Gasteiger partial charge in [0.15, 0.2) is 5.75 Å². The van der Waals surface area contributed by atoms with Crippen LogP contribution in [0.15, 0.2) is 85.8 Å². The van der Waals surface area contributed by atoms with Gasteiger partial charge in [0, 0.05) is 23.8 Å². The summed E-state index contributed by atoms with van der Waals surface area (Å²) in [5.74, 6) is -0.657. The van der Waals surface area contributed by atoms with Gasteiger partial charge in [0.2, 0.25) is 5.84 Å². The van der Waals surface area contributed by atoms with Crippen molar-refractivity contribution >= 4 is 48.8 Å². The summed E-state index contributed by atoms with van der Waals surface area (Å²) in [7, 11) is -8.81. The number of hydrogen-bond acceptors (Lipinski definition) is 12. The number of azo groups is 1. The number of nitrogens with one attached hydrogen (secondary N) is 1. The maximum absolute atomic E-state index is 12.1. The highest BCUT2D eigenvalue weighted by Gasteiger charge is 2.24. The molecule has 0 aliphatic heterocycles. The highest BCUT2D eigenvalue weighted by atomic mass is 32.2. The molecule has 0 aliphatic rings. The molecule has 3 aromatic carbocycles. The van der Waals surface area contributed by atoms with Gasteiger partial charge < -0.3 is 4.74 Å². The molecule has 0 unspecified atom stereocenters. The molecule has 3 N–H and O–H groups in total. The zero-order valence-electron chi connectivity index (χ0n) is 19.4. The second-order valence-electron chi connectivity index (χ2n) is 7.27. The molecular formula is C20H16N6O11S2. The van der Waals surface area contributed by atoms with E-state index < -0.39 is 51.3 Å². The van der Waals surface area contributed by atoms with Gasteiger partial charge in [0.25, 0.3) is 31.6 Å². The molecule has 3 rings (SSSR count). The second kappa shape index (κ2) is 11.3. The van der Waals surface area contributed by atoms with E-state index in [0.717, 1.165) is 36.4 Å². The molecule has 204 valence electrons. The van der Waals surface area contributed by atoms with Crippen LogP contribution in [-0.4, -0.2) is 48.7 Å². The first kappa shape index (κ1) is 28.7. The lowest BCUT2D eigenvalue weighted by Gasteiger charge is -2.09.